The zero-order chi connectivity index (χ0) is 15.5. The SMILES string of the molecule is CNS(=O)(=O)c1cccc(NC(=O)c2ccnc(Br)c2)c1. The molecule has 1 heterocycles. The number of amides is 1. The number of carbonyl (C=O) groups is 1. The molecule has 1 aromatic heterocycles. The van der Waals surface area contributed by atoms with Gasteiger partial charge >= 0.3 is 0 Å². The molecule has 0 fully saturated rings. The molecule has 0 spiro atoms. The zero-order valence-corrected chi connectivity index (χ0v) is 13.4. The van der Waals surface area contributed by atoms with Crippen LogP contribution in [0.5, 0.6) is 0 Å². The van der Waals surface area contributed by atoms with Crippen LogP contribution < -0.4 is 10.0 Å². The maximum absolute atomic E-state index is 12.1. The van der Waals surface area contributed by atoms with Crippen LogP contribution in [0.2, 0.25) is 0 Å². The second-order valence-corrected chi connectivity index (χ2v) is 6.76. The summed E-state index contributed by atoms with van der Waals surface area (Å²) in [6.45, 7) is 0. The van der Waals surface area contributed by atoms with Crippen molar-refractivity contribution in [2.45, 2.75) is 4.90 Å². The van der Waals surface area contributed by atoms with E-state index < -0.39 is 10.0 Å². The lowest BCUT2D eigenvalue weighted by Crippen LogP contribution is -2.19. The number of rotatable bonds is 4. The second kappa shape index (κ2) is 6.33. The molecule has 2 N–H and O–H groups in total. The third kappa shape index (κ3) is 3.87. The molecule has 0 aliphatic heterocycles. The number of nitrogens with zero attached hydrogens (tertiary/aromatic N) is 1. The summed E-state index contributed by atoms with van der Waals surface area (Å²) in [5.41, 5.74) is 0.808. The van der Waals surface area contributed by atoms with Gasteiger partial charge in [-0.3, -0.25) is 4.79 Å². The molecule has 21 heavy (non-hydrogen) atoms. The van der Waals surface area contributed by atoms with Gasteiger partial charge in [-0.2, -0.15) is 0 Å². The Labute approximate surface area is 130 Å². The lowest BCUT2D eigenvalue weighted by Gasteiger charge is -2.08. The van der Waals surface area contributed by atoms with Crippen molar-refractivity contribution >= 4 is 37.5 Å². The fourth-order valence-electron chi connectivity index (χ4n) is 1.61. The third-order valence-electron chi connectivity index (χ3n) is 2.66. The maximum atomic E-state index is 12.1. The van der Waals surface area contributed by atoms with Gasteiger partial charge in [0.1, 0.15) is 4.60 Å². The minimum Gasteiger partial charge on any atom is -0.322 e. The normalized spacial score (nSPS) is 11.1. The molecule has 110 valence electrons. The van der Waals surface area contributed by atoms with E-state index in [1.165, 1.54) is 25.4 Å². The van der Waals surface area contributed by atoms with Crippen LogP contribution in [0.3, 0.4) is 0 Å². The fourth-order valence-corrected chi connectivity index (χ4v) is 2.75. The van der Waals surface area contributed by atoms with Gasteiger partial charge in [0.15, 0.2) is 0 Å². The van der Waals surface area contributed by atoms with Crippen molar-refractivity contribution in [2.75, 3.05) is 12.4 Å². The predicted octanol–water partition coefficient (Wildman–Crippen LogP) is 2.00. The van der Waals surface area contributed by atoms with Gasteiger partial charge in [-0.05, 0) is 53.3 Å². The molecule has 2 rings (SSSR count). The number of carbonyl (C=O) groups excluding carboxylic acids is 1. The van der Waals surface area contributed by atoms with Crippen molar-refractivity contribution in [3.8, 4) is 0 Å². The van der Waals surface area contributed by atoms with E-state index in [2.05, 4.69) is 31.0 Å². The zero-order valence-electron chi connectivity index (χ0n) is 11.0. The standard InChI is InChI=1S/C13H12BrN3O3S/c1-15-21(19,20)11-4-2-3-10(8-11)17-13(18)9-5-6-16-12(14)7-9/h2-8,15H,1H3,(H,17,18). The molecule has 0 radical (unpaired) electrons. The molecule has 0 aliphatic carbocycles. The minimum atomic E-state index is -3.55. The Hall–Kier alpha value is -1.77. The van der Waals surface area contributed by atoms with Gasteiger partial charge < -0.3 is 5.32 Å². The Morgan fingerprint density at radius 2 is 2.00 bits per heavy atom. The quantitative estimate of drug-likeness (QED) is 0.806. The molecule has 0 bridgehead atoms. The summed E-state index contributed by atoms with van der Waals surface area (Å²) in [7, 11) is -2.22. The molecule has 0 saturated carbocycles. The number of aromatic nitrogens is 1. The van der Waals surface area contributed by atoms with Crippen LogP contribution in [0.4, 0.5) is 5.69 Å². The lowest BCUT2D eigenvalue weighted by atomic mass is 10.2. The Balaban J connectivity index is 2.24. The number of halogens is 1. The van der Waals surface area contributed by atoms with Crippen molar-refractivity contribution in [1.29, 1.82) is 0 Å². The van der Waals surface area contributed by atoms with Crippen LogP contribution in [0.1, 0.15) is 10.4 Å². The van der Waals surface area contributed by atoms with Gasteiger partial charge in [0, 0.05) is 17.4 Å². The summed E-state index contributed by atoms with van der Waals surface area (Å²) in [5, 5.41) is 2.64. The van der Waals surface area contributed by atoms with E-state index in [4.69, 9.17) is 0 Å². The van der Waals surface area contributed by atoms with E-state index in [1.54, 1.807) is 24.3 Å². The molecule has 6 nitrogen and oxygen atoms in total. The van der Waals surface area contributed by atoms with Crippen LogP contribution in [0.25, 0.3) is 0 Å². The molecular weight excluding hydrogens is 358 g/mol. The number of nitrogens with one attached hydrogen (secondary N) is 2. The summed E-state index contributed by atoms with van der Waals surface area (Å²) in [6.07, 6.45) is 1.50. The first kappa shape index (κ1) is 15.6. The molecule has 2 aromatic rings. The molecule has 1 amide bonds. The van der Waals surface area contributed by atoms with E-state index >= 15 is 0 Å². The highest BCUT2D eigenvalue weighted by Crippen LogP contribution is 2.16. The lowest BCUT2D eigenvalue weighted by molar-refractivity contribution is 0.102. The van der Waals surface area contributed by atoms with E-state index in [0.717, 1.165) is 0 Å². The topological polar surface area (TPSA) is 88.2 Å². The summed E-state index contributed by atoms with van der Waals surface area (Å²) in [4.78, 5) is 16.1. The van der Waals surface area contributed by atoms with Crippen LogP contribution in [0.15, 0.2) is 52.1 Å². The summed E-state index contributed by atoms with van der Waals surface area (Å²) in [6, 6.07) is 9.15. The number of anilines is 1. The number of sulfonamides is 1. The largest absolute Gasteiger partial charge is 0.322 e. The van der Waals surface area contributed by atoms with Crippen molar-refractivity contribution in [1.82, 2.24) is 9.71 Å². The van der Waals surface area contributed by atoms with Gasteiger partial charge in [-0.1, -0.05) is 6.07 Å². The molecule has 0 aliphatic rings. The van der Waals surface area contributed by atoms with Gasteiger partial charge in [0.2, 0.25) is 10.0 Å². The van der Waals surface area contributed by atoms with Crippen LogP contribution in [-0.4, -0.2) is 26.4 Å². The predicted molar refractivity (Wildman–Crippen MR) is 82.6 cm³/mol. The summed E-state index contributed by atoms with van der Waals surface area (Å²) < 4.78 is 26.2. The average molecular weight is 370 g/mol. The maximum Gasteiger partial charge on any atom is 0.255 e. The first-order chi connectivity index (χ1) is 9.92. The van der Waals surface area contributed by atoms with E-state index in [1.807, 2.05) is 0 Å². The van der Waals surface area contributed by atoms with Crippen LogP contribution >= 0.6 is 15.9 Å². The summed E-state index contributed by atoms with van der Waals surface area (Å²) >= 11 is 3.18. The summed E-state index contributed by atoms with van der Waals surface area (Å²) in [5.74, 6) is -0.350. The molecular formula is C13H12BrN3O3S. The average Bonchev–Trinajstić information content (AvgIpc) is 2.47. The molecule has 1 aromatic carbocycles. The molecule has 8 heteroatoms. The van der Waals surface area contributed by atoms with Crippen molar-refractivity contribution in [3.05, 3.63) is 52.8 Å². The Bertz CT molecular complexity index is 778. The van der Waals surface area contributed by atoms with Crippen LogP contribution in [0, 0.1) is 0 Å². The fraction of sp³-hybridized carbons (Fsp3) is 0.0769. The number of hydrogen-bond donors (Lipinski definition) is 2. The van der Waals surface area contributed by atoms with E-state index in [0.29, 0.717) is 15.9 Å². The monoisotopic (exact) mass is 369 g/mol. The Morgan fingerprint density at radius 1 is 1.24 bits per heavy atom. The molecule has 0 unspecified atom stereocenters. The minimum absolute atomic E-state index is 0.0821. The Kier molecular flexibility index (Phi) is 4.71. The van der Waals surface area contributed by atoms with Gasteiger partial charge in [-0.15, -0.1) is 0 Å². The number of hydrogen-bond acceptors (Lipinski definition) is 4. The first-order valence-corrected chi connectivity index (χ1v) is 8.16. The van der Waals surface area contributed by atoms with E-state index in [9.17, 15) is 13.2 Å². The van der Waals surface area contributed by atoms with Gasteiger partial charge in [0.05, 0.1) is 4.90 Å². The Morgan fingerprint density at radius 3 is 2.67 bits per heavy atom. The highest BCUT2D eigenvalue weighted by Gasteiger charge is 2.13. The molecule has 0 saturated heterocycles. The first-order valence-electron chi connectivity index (χ1n) is 5.89. The number of pyridine rings is 1. The van der Waals surface area contributed by atoms with Crippen molar-refractivity contribution in [3.63, 3.8) is 0 Å². The molecule has 0 atom stereocenters. The van der Waals surface area contributed by atoms with Crippen molar-refractivity contribution < 1.29 is 13.2 Å². The van der Waals surface area contributed by atoms with Crippen molar-refractivity contribution in [2.24, 2.45) is 0 Å². The highest BCUT2D eigenvalue weighted by molar-refractivity contribution is 9.10. The number of benzene rings is 1. The van der Waals surface area contributed by atoms with Crippen LogP contribution in [-0.2, 0) is 10.0 Å². The van der Waals surface area contributed by atoms with Gasteiger partial charge in [0.25, 0.3) is 5.91 Å². The van der Waals surface area contributed by atoms with E-state index in [-0.39, 0.29) is 10.8 Å². The highest BCUT2D eigenvalue weighted by atomic mass is 79.9. The third-order valence-corrected chi connectivity index (χ3v) is 4.51. The van der Waals surface area contributed by atoms with Gasteiger partial charge in [-0.25, -0.2) is 18.1 Å². The smallest absolute Gasteiger partial charge is 0.255 e. The second-order valence-electron chi connectivity index (χ2n) is 4.06.